The number of hydrogen-bond acceptors (Lipinski definition) is 4. The van der Waals surface area contributed by atoms with Crippen molar-refractivity contribution in [2.45, 2.75) is 74.1 Å². The fourth-order valence-electron chi connectivity index (χ4n) is 5.67. The van der Waals surface area contributed by atoms with Crippen molar-refractivity contribution in [1.29, 1.82) is 0 Å². The maximum atomic E-state index is 5.17. The molecule has 0 aromatic rings. The van der Waals surface area contributed by atoms with E-state index in [1.807, 2.05) is 0 Å². The number of fused-ring (bicyclic) bond motifs is 5. The van der Waals surface area contributed by atoms with Gasteiger partial charge in [-0.1, -0.05) is 46.3 Å². The third-order valence-electron chi connectivity index (χ3n) is 7.95. The van der Waals surface area contributed by atoms with E-state index in [9.17, 15) is 0 Å². The molecule has 0 unspecified atom stereocenters. The summed E-state index contributed by atoms with van der Waals surface area (Å²) in [5.41, 5.74) is 15.8. The zero-order valence-corrected chi connectivity index (χ0v) is 29.1. The van der Waals surface area contributed by atoms with Crippen LogP contribution in [0.15, 0.2) is 107 Å². The Morgan fingerprint density at radius 1 is 0.632 bits per heavy atom. The molecule has 5 nitrogen and oxygen atoms in total. The van der Waals surface area contributed by atoms with Gasteiger partial charge < -0.3 is 34.2 Å². The molecular formula is C31H36IN5Zn. The summed E-state index contributed by atoms with van der Waals surface area (Å²) in [6.45, 7) is 15.3. The van der Waals surface area contributed by atoms with E-state index in [-0.39, 0.29) is 43.5 Å². The molecule has 0 aromatic heterocycles. The van der Waals surface area contributed by atoms with Crippen molar-refractivity contribution >= 4 is 17.1 Å². The third-order valence-corrected chi connectivity index (χ3v) is 7.95. The molecule has 8 bridgehead atoms. The first-order valence-electron chi connectivity index (χ1n) is 13.2. The van der Waals surface area contributed by atoms with Crippen LogP contribution in [0, 0.1) is 0 Å². The Morgan fingerprint density at radius 3 is 1.76 bits per heavy atom. The molecule has 0 saturated carbocycles. The van der Waals surface area contributed by atoms with Gasteiger partial charge in [0.25, 0.3) is 0 Å². The molecule has 5 heterocycles. The zero-order chi connectivity index (χ0) is 25.7. The van der Waals surface area contributed by atoms with Gasteiger partial charge in [-0.15, -0.1) is 0 Å². The second-order valence-electron chi connectivity index (χ2n) is 9.80. The van der Waals surface area contributed by atoms with Gasteiger partial charge in [0.2, 0.25) is 0 Å². The van der Waals surface area contributed by atoms with Gasteiger partial charge in [-0.25, -0.2) is 15.0 Å². The first-order valence-corrected chi connectivity index (χ1v) is 13.2. The first-order chi connectivity index (χ1) is 17.3. The number of rotatable bonds is 4. The molecule has 38 heavy (non-hydrogen) atoms. The Labute approximate surface area is 257 Å². The SMILES string of the molecule is CCC1=C(C)C2=NC1=CC1=NC(=CC3=NC(=CC4=C(C)N(C)C(=C2)[N-]4)C(C)=C3CC)C(CC)=C1CC.[I-].[Zn+2]. The molecule has 5 rings (SSSR count). The molecule has 0 saturated heterocycles. The van der Waals surface area contributed by atoms with Gasteiger partial charge in [0.15, 0.2) is 0 Å². The average Bonchev–Trinajstić information content (AvgIpc) is 3.53. The second kappa shape index (κ2) is 12.0. The molecule has 0 fully saturated rings. The molecule has 5 aliphatic rings. The number of hydrogen-bond donors (Lipinski definition) is 0. The van der Waals surface area contributed by atoms with Crippen LogP contribution in [0.1, 0.15) is 74.1 Å². The van der Waals surface area contributed by atoms with Crippen LogP contribution in [-0.2, 0) is 19.5 Å². The minimum atomic E-state index is 0. The van der Waals surface area contributed by atoms with Crippen molar-refractivity contribution in [1.82, 2.24) is 4.90 Å². The van der Waals surface area contributed by atoms with Crippen molar-refractivity contribution in [2.24, 2.45) is 15.0 Å². The number of nitrogens with zero attached hydrogens (tertiary/aromatic N) is 5. The first kappa shape index (κ1) is 30.4. The predicted molar refractivity (Wildman–Crippen MR) is 152 cm³/mol. The van der Waals surface area contributed by atoms with Gasteiger partial charge in [0, 0.05) is 0 Å². The Bertz CT molecular complexity index is 1420. The standard InChI is InChI=1S/C31H36N5.HI.Zn/c1-9-20-17(5)24-13-26-19(7)36(8)31(35-26)16-25-18(6)21(10-2)28(33-25)15-30-23(12-4)22(11-3)29(34-30)14-27(20)32-24;;/h13-16H,9-12H2,1-8H3;1H;/q-1;;+2/p-1. The summed E-state index contributed by atoms with van der Waals surface area (Å²) < 4.78 is 0. The summed E-state index contributed by atoms with van der Waals surface area (Å²) >= 11 is 0. The molecule has 0 amide bonds. The van der Waals surface area contributed by atoms with Crippen LogP contribution >= 0.6 is 0 Å². The maximum Gasteiger partial charge on any atom is 2.00 e. The normalized spacial score (nSPS) is 20.4. The molecule has 0 spiro atoms. The largest absolute Gasteiger partial charge is 2.00 e. The minimum absolute atomic E-state index is 0. The summed E-state index contributed by atoms with van der Waals surface area (Å²) in [7, 11) is 2.07. The Hall–Kier alpha value is -2.12. The van der Waals surface area contributed by atoms with Gasteiger partial charge in [-0.2, -0.15) is 0 Å². The van der Waals surface area contributed by atoms with E-state index in [0.717, 1.165) is 77.1 Å². The monoisotopic (exact) mass is 669 g/mol. The summed E-state index contributed by atoms with van der Waals surface area (Å²) in [5.74, 6) is 0.906. The zero-order valence-electron chi connectivity index (χ0n) is 24.0. The Kier molecular flexibility index (Phi) is 9.57. The number of aliphatic imine (C=N–C) groups is 3. The molecule has 0 aromatic carbocycles. The average molecular weight is 671 g/mol. The van der Waals surface area contributed by atoms with Gasteiger partial charge in [0.05, 0.1) is 34.2 Å². The Balaban J connectivity index is 0.00000200. The molecule has 0 aliphatic carbocycles. The number of halogens is 1. The molecule has 194 valence electrons. The molecular weight excluding hydrogens is 635 g/mol. The van der Waals surface area contributed by atoms with E-state index in [1.54, 1.807) is 0 Å². The number of allylic oxidation sites excluding steroid dienone is 11. The van der Waals surface area contributed by atoms with Crippen LogP contribution < -0.4 is 24.0 Å². The fourth-order valence-corrected chi connectivity index (χ4v) is 5.67. The van der Waals surface area contributed by atoms with Crippen molar-refractivity contribution in [2.75, 3.05) is 7.05 Å². The van der Waals surface area contributed by atoms with Crippen molar-refractivity contribution in [3.8, 4) is 0 Å². The topological polar surface area (TPSA) is 54.4 Å². The van der Waals surface area contributed by atoms with Crippen molar-refractivity contribution < 1.29 is 43.5 Å². The van der Waals surface area contributed by atoms with Crippen molar-refractivity contribution in [3.63, 3.8) is 0 Å². The maximum absolute atomic E-state index is 5.17. The summed E-state index contributed by atoms with van der Waals surface area (Å²) in [6.07, 6.45) is 12.4. The molecule has 0 N–H and O–H groups in total. The van der Waals surface area contributed by atoms with Crippen LogP contribution in [0.4, 0.5) is 0 Å². The van der Waals surface area contributed by atoms with E-state index >= 15 is 0 Å². The summed E-state index contributed by atoms with van der Waals surface area (Å²) in [5, 5.41) is 5.00. The molecule has 0 atom stereocenters. The van der Waals surface area contributed by atoms with E-state index in [1.165, 1.54) is 33.4 Å². The van der Waals surface area contributed by atoms with Crippen molar-refractivity contribution in [3.05, 3.63) is 97.4 Å². The van der Waals surface area contributed by atoms with E-state index in [0.29, 0.717) is 0 Å². The fraction of sp³-hybridized carbons (Fsp3) is 0.387. The van der Waals surface area contributed by atoms with E-state index in [2.05, 4.69) is 84.7 Å². The van der Waals surface area contributed by atoms with Gasteiger partial charge in [0.1, 0.15) is 0 Å². The quantitative estimate of drug-likeness (QED) is 0.308. The molecule has 5 aliphatic heterocycles. The minimum Gasteiger partial charge on any atom is -1.00 e. The predicted octanol–water partition coefficient (Wildman–Crippen LogP) is 4.98. The van der Waals surface area contributed by atoms with Crippen LogP contribution in [0.2, 0.25) is 0 Å². The smallest absolute Gasteiger partial charge is 1.00 e. The Morgan fingerprint density at radius 2 is 1.16 bits per heavy atom. The molecule has 7 heteroatoms. The summed E-state index contributed by atoms with van der Waals surface area (Å²) in [6, 6.07) is 0. The third kappa shape index (κ3) is 4.97. The van der Waals surface area contributed by atoms with Gasteiger partial charge in [-0.05, 0) is 110 Å². The summed E-state index contributed by atoms with van der Waals surface area (Å²) in [4.78, 5) is 17.5. The van der Waals surface area contributed by atoms with Crippen LogP contribution in [-0.4, -0.2) is 29.1 Å². The van der Waals surface area contributed by atoms with Crippen LogP contribution in [0.5, 0.6) is 0 Å². The van der Waals surface area contributed by atoms with E-state index in [4.69, 9.17) is 20.3 Å². The van der Waals surface area contributed by atoms with Gasteiger partial charge >= 0.3 is 19.5 Å². The van der Waals surface area contributed by atoms with E-state index < -0.39 is 0 Å². The second-order valence-corrected chi connectivity index (χ2v) is 9.80. The molecule has 0 radical (unpaired) electrons. The van der Waals surface area contributed by atoms with Crippen LogP contribution in [0.25, 0.3) is 5.32 Å². The van der Waals surface area contributed by atoms with Crippen LogP contribution in [0.3, 0.4) is 0 Å². The van der Waals surface area contributed by atoms with Gasteiger partial charge in [-0.3, -0.25) is 0 Å².